The highest BCUT2D eigenvalue weighted by Gasteiger charge is 2.06. The quantitative estimate of drug-likeness (QED) is 0.738. The lowest BCUT2D eigenvalue weighted by Crippen LogP contribution is -2.38. The van der Waals surface area contributed by atoms with Gasteiger partial charge < -0.3 is 20.7 Å². The van der Waals surface area contributed by atoms with Crippen LogP contribution in [0, 0.1) is 0 Å². The zero-order valence-corrected chi connectivity index (χ0v) is 12.0. The van der Waals surface area contributed by atoms with Crippen molar-refractivity contribution < 1.29 is 14.3 Å². The smallest absolute Gasteiger partial charge is 0.319 e. The highest BCUT2D eigenvalue weighted by molar-refractivity contribution is 5.89. The first-order valence-electron chi connectivity index (χ1n) is 6.41. The molecule has 1 atom stereocenters. The number of nitrogens with one attached hydrogen (secondary N) is 3. The largest absolute Gasteiger partial charge is 0.383 e. The van der Waals surface area contributed by atoms with Gasteiger partial charge in [-0.2, -0.15) is 0 Å². The molecule has 6 nitrogen and oxygen atoms in total. The zero-order chi connectivity index (χ0) is 15.0. The van der Waals surface area contributed by atoms with Gasteiger partial charge in [0.15, 0.2) is 0 Å². The standard InChI is InChI=1S/C14H21N3O3/c1-10(9-20-3)16-14(19)17-13-6-4-12(5-7-13)8-15-11(2)18/h4-7,10H,8-9H2,1-3H3,(H,15,18)(H2,16,17,19). The molecular weight excluding hydrogens is 258 g/mol. The first-order chi connectivity index (χ1) is 9.51. The summed E-state index contributed by atoms with van der Waals surface area (Å²) in [6.45, 7) is 4.27. The second-order valence-corrected chi connectivity index (χ2v) is 4.56. The van der Waals surface area contributed by atoms with Crippen molar-refractivity contribution in [1.82, 2.24) is 10.6 Å². The zero-order valence-electron chi connectivity index (χ0n) is 12.0. The van der Waals surface area contributed by atoms with Crippen LogP contribution in [-0.4, -0.2) is 31.7 Å². The molecule has 0 fully saturated rings. The van der Waals surface area contributed by atoms with Gasteiger partial charge in [-0.05, 0) is 24.6 Å². The highest BCUT2D eigenvalue weighted by Crippen LogP contribution is 2.09. The fraction of sp³-hybridized carbons (Fsp3) is 0.429. The van der Waals surface area contributed by atoms with Crippen molar-refractivity contribution in [3.05, 3.63) is 29.8 Å². The molecular formula is C14H21N3O3. The van der Waals surface area contributed by atoms with Gasteiger partial charge in [0, 0.05) is 26.3 Å². The van der Waals surface area contributed by atoms with E-state index in [4.69, 9.17) is 4.74 Å². The van der Waals surface area contributed by atoms with E-state index in [1.807, 2.05) is 19.1 Å². The lowest BCUT2D eigenvalue weighted by atomic mass is 10.2. The molecule has 3 N–H and O–H groups in total. The first-order valence-corrected chi connectivity index (χ1v) is 6.41. The average Bonchev–Trinajstić information content (AvgIpc) is 2.37. The third kappa shape index (κ3) is 6.19. The summed E-state index contributed by atoms with van der Waals surface area (Å²) in [7, 11) is 1.59. The van der Waals surface area contributed by atoms with Crippen molar-refractivity contribution in [2.75, 3.05) is 19.0 Å². The Bertz CT molecular complexity index is 445. The lowest BCUT2D eigenvalue weighted by molar-refractivity contribution is -0.119. The summed E-state index contributed by atoms with van der Waals surface area (Å²) in [5.41, 5.74) is 1.66. The highest BCUT2D eigenvalue weighted by atomic mass is 16.5. The van der Waals surface area contributed by atoms with Crippen LogP contribution in [0.1, 0.15) is 19.4 Å². The second-order valence-electron chi connectivity index (χ2n) is 4.56. The second kappa shape index (κ2) is 8.16. The summed E-state index contributed by atoms with van der Waals surface area (Å²) < 4.78 is 4.94. The molecule has 20 heavy (non-hydrogen) atoms. The number of carbonyl (C=O) groups is 2. The van der Waals surface area contributed by atoms with Gasteiger partial charge in [0.1, 0.15) is 0 Å². The first kappa shape index (κ1) is 16.0. The van der Waals surface area contributed by atoms with Crippen LogP contribution in [0.2, 0.25) is 0 Å². The van der Waals surface area contributed by atoms with Gasteiger partial charge in [-0.3, -0.25) is 4.79 Å². The SMILES string of the molecule is COCC(C)NC(=O)Nc1ccc(CNC(C)=O)cc1. The fourth-order valence-electron chi connectivity index (χ4n) is 1.62. The molecule has 1 aromatic carbocycles. The Morgan fingerprint density at radius 2 is 1.90 bits per heavy atom. The third-order valence-corrected chi connectivity index (χ3v) is 2.55. The Kier molecular flexibility index (Phi) is 6.52. The average molecular weight is 279 g/mol. The number of urea groups is 1. The number of methoxy groups -OCH3 is 1. The molecule has 0 heterocycles. The number of hydrogen-bond acceptors (Lipinski definition) is 3. The van der Waals surface area contributed by atoms with Gasteiger partial charge >= 0.3 is 6.03 Å². The lowest BCUT2D eigenvalue weighted by Gasteiger charge is -2.13. The van der Waals surface area contributed by atoms with Crippen LogP contribution < -0.4 is 16.0 Å². The van der Waals surface area contributed by atoms with Crippen molar-refractivity contribution in [3.63, 3.8) is 0 Å². The number of amides is 3. The van der Waals surface area contributed by atoms with E-state index in [1.165, 1.54) is 6.92 Å². The van der Waals surface area contributed by atoms with E-state index >= 15 is 0 Å². The molecule has 0 aliphatic carbocycles. The van der Waals surface area contributed by atoms with Crippen molar-refractivity contribution in [2.24, 2.45) is 0 Å². The minimum atomic E-state index is -0.274. The van der Waals surface area contributed by atoms with Crippen LogP contribution in [0.5, 0.6) is 0 Å². The van der Waals surface area contributed by atoms with Gasteiger partial charge in [0.25, 0.3) is 0 Å². The molecule has 0 spiro atoms. The molecule has 1 unspecified atom stereocenters. The van der Waals surface area contributed by atoms with E-state index in [0.717, 1.165) is 5.56 Å². The van der Waals surface area contributed by atoms with Gasteiger partial charge in [-0.1, -0.05) is 12.1 Å². The monoisotopic (exact) mass is 279 g/mol. The Morgan fingerprint density at radius 3 is 2.45 bits per heavy atom. The summed E-state index contributed by atoms with van der Waals surface area (Å²) in [5, 5.41) is 8.19. The van der Waals surface area contributed by atoms with Gasteiger partial charge in [-0.25, -0.2) is 4.79 Å². The van der Waals surface area contributed by atoms with E-state index in [0.29, 0.717) is 18.8 Å². The van der Waals surface area contributed by atoms with Crippen LogP contribution in [-0.2, 0) is 16.1 Å². The number of benzene rings is 1. The molecule has 1 rings (SSSR count). The molecule has 0 aliphatic heterocycles. The van der Waals surface area contributed by atoms with Crippen molar-refractivity contribution >= 4 is 17.6 Å². The number of hydrogen-bond donors (Lipinski definition) is 3. The molecule has 0 aliphatic rings. The molecule has 0 aromatic heterocycles. The molecule has 0 saturated carbocycles. The Labute approximate surface area is 118 Å². The maximum absolute atomic E-state index is 11.7. The van der Waals surface area contributed by atoms with Gasteiger partial charge in [0.2, 0.25) is 5.91 Å². The Morgan fingerprint density at radius 1 is 1.25 bits per heavy atom. The predicted octanol–water partition coefficient (Wildman–Crippen LogP) is 1.48. The molecule has 0 saturated heterocycles. The van der Waals surface area contributed by atoms with Gasteiger partial charge in [0.05, 0.1) is 12.6 Å². The molecule has 6 heteroatoms. The molecule has 0 bridgehead atoms. The van der Waals surface area contributed by atoms with E-state index in [9.17, 15) is 9.59 Å². The summed E-state index contributed by atoms with van der Waals surface area (Å²) in [6, 6.07) is 6.95. The summed E-state index contributed by atoms with van der Waals surface area (Å²) in [6.07, 6.45) is 0. The third-order valence-electron chi connectivity index (χ3n) is 2.55. The maximum Gasteiger partial charge on any atom is 0.319 e. The minimum Gasteiger partial charge on any atom is -0.383 e. The van der Waals surface area contributed by atoms with Crippen molar-refractivity contribution in [3.8, 4) is 0 Å². The van der Waals surface area contributed by atoms with Crippen LogP contribution in [0.4, 0.5) is 10.5 Å². The van der Waals surface area contributed by atoms with Crippen LogP contribution in [0.25, 0.3) is 0 Å². The number of carbonyl (C=O) groups excluding carboxylic acids is 2. The van der Waals surface area contributed by atoms with Crippen LogP contribution in [0.15, 0.2) is 24.3 Å². The number of ether oxygens (including phenoxy) is 1. The Balaban J connectivity index is 2.44. The summed E-state index contributed by atoms with van der Waals surface area (Å²) in [5.74, 6) is -0.0706. The summed E-state index contributed by atoms with van der Waals surface area (Å²) in [4.78, 5) is 22.5. The number of anilines is 1. The molecule has 0 radical (unpaired) electrons. The molecule has 3 amide bonds. The normalized spacial score (nSPS) is 11.6. The molecule has 110 valence electrons. The number of rotatable bonds is 6. The minimum absolute atomic E-state index is 0.0564. The fourth-order valence-corrected chi connectivity index (χ4v) is 1.62. The van der Waals surface area contributed by atoms with E-state index in [2.05, 4.69) is 16.0 Å². The van der Waals surface area contributed by atoms with E-state index in [1.54, 1.807) is 19.2 Å². The molecule has 1 aromatic rings. The van der Waals surface area contributed by atoms with Crippen LogP contribution >= 0.6 is 0 Å². The topological polar surface area (TPSA) is 79.5 Å². The van der Waals surface area contributed by atoms with E-state index < -0.39 is 0 Å². The van der Waals surface area contributed by atoms with Gasteiger partial charge in [-0.15, -0.1) is 0 Å². The maximum atomic E-state index is 11.7. The Hall–Kier alpha value is -2.08. The van der Waals surface area contributed by atoms with Crippen molar-refractivity contribution in [2.45, 2.75) is 26.4 Å². The van der Waals surface area contributed by atoms with E-state index in [-0.39, 0.29) is 18.0 Å². The predicted molar refractivity (Wildman–Crippen MR) is 77.5 cm³/mol. The summed E-state index contributed by atoms with van der Waals surface area (Å²) >= 11 is 0. The van der Waals surface area contributed by atoms with Crippen molar-refractivity contribution in [1.29, 1.82) is 0 Å². The van der Waals surface area contributed by atoms with Crippen LogP contribution in [0.3, 0.4) is 0 Å².